The largest absolute Gasteiger partial charge is 0.340 e. The van der Waals surface area contributed by atoms with Crippen molar-refractivity contribution in [2.75, 3.05) is 13.6 Å². The number of rotatable bonds is 5. The van der Waals surface area contributed by atoms with Gasteiger partial charge in [-0.2, -0.15) is 4.31 Å². The van der Waals surface area contributed by atoms with Crippen molar-refractivity contribution in [3.63, 3.8) is 0 Å². The maximum absolute atomic E-state index is 14.1. The van der Waals surface area contributed by atoms with E-state index in [-0.39, 0.29) is 34.5 Å². The molecule has 3 rings (SSSR count). The second-order valence-corrected chi connectivity index (χ2v) is 9.13. The molecule has 28 heavy (non-hydrogen) atoms. The molecule has 8 heteroatoms. The predicted octanol–water partition coefficient (Wildman–Crippen LogP) is 3.68. The third-order valence-electron chi connectivity index (χ3n) is 4.92. The summed E-state index contributed by atoms with van der Waals surface area (Å²) in [7, 11) is -2.26. The lowest BCUT2D eigenvalue weighted by atomic mass is 10.0. The lowest BCUT2D eigenvalue weighted by molar-refractivity contribution is -0.135. The Labute approximate surface area is 169 Å². The van der Waals surface area contributed by atoms with E-state index < -0.39 is 21.9 Å². The average Bonchev–Trinajstić information content (AvgIpc) is 2.71. The number of nitrogens with zero attached hydrogens (tertiary/aromatic N) is 2. The predicted molar refractivity (Wildman–Crippen MR) is 106 cm³/mol. The molecule has 1 aliphatic heterocycles. The van der Waals surface area contributed by atoms with Gasteiger partial charge in [0.1, 0.15) is 11.9 Å². The monoisotopic (exact) mass is 424 g/mol. The summed E-state index contributed by atoms with van der Waals surface area (Å²) in [5.74, 6) is -0.858. The average molecular weight is 425 g/mol. The molecule has 2 aromatic carbocycles. The van der Waals surface area contributed by atoms with Crippen molar-refractivity contribution in [1.29, 1.82) is 0 Å². The van der Waals surface area contributed by atoms with Gasteiger partial charge in [0.25, 0.3) is 0 Å². The van der Waals surface area contributed by atoms with Crippen molar-refractivity contribution in [2.24, 2.45) is 0 Å². The zero-order chi connectivity index (χ0) is 20.3. The summed E-state index contributed by atoms with van der Waals surface area (Å²) in [5.41, 5.74) is 0.216. The molecule has 1 heterocycles. The Morgan fingerprint density at radius 3 is 2.57 bits per heavy atom. The van der Waals surface area contributed by atoms with Crippen LogP contribution in [0, 0.1) is 5.82 Å². The first-order chi connectivity index (χ1) is 13.3. The summed E-state index contributed by atoms with van der Waals surface area (Å²) in [6.45, 7) is 0.252. The van der Waals surface area contributed by atoms with Crippen LogP contribution in [0.4, 0.5) is 4.39 Å². The summed E-state index contributed by atoms with van der Waals surface area (Å²) >= 11 is 6.06. The molecule has 0 aromatic heterocycles. The molecule has 1 atom stereocenters. The van der Waals surface area contributed by atoms with Gasteiger partial charge in [-0.3, -0.25) is 4.79 Å². The topological polar surface area (TPSA) is 57.7 Å². The molecular formula is C20H22ClFN2O3S. The maximum atomic E-state index is 14.1. The fraction of sp³-hybridized carbons (Fsp3) is 0.350. The SMILES string of the molecule is CN(Cc1c(F)cccc1Cl)C(=O)C1CCCCN1S(=O)(=O)c1ccccc1. The number of carbonyl (C=O) groups is 1. The first-order valence-electron chi connectivity index (χ1n) is 9.07. The van der Waals surface area contributed by atoms with Crippen LogP contribution in [0.2, 0.25) is 5.02 Å². The van der Waals surface area contributed by atoms with Crippen LogP contribution in [0.25, 0.3) is 0 Å². The molecule has 0 radical (unpaired) electrons. The highest BCUT2D eigenvalue weighted by Crippen LogP contribution is 2.27. The van der Waals surface area contributed by atoms with E-state index in [9.17, 15) is 17.6 Å². The first kappa shape index (κ1) is 20.8. The van der Waals surface area contributed by atoms with Crippen LogP contribution in [0.15, 0.2) is 53.4 Å². The van der Waals surface area contributed by atoms with Crippen molar-refractivity contribution < 1.29 is 17.6 Å². The number of likely N-dealkylation sites (N-methyl/N-ethyl adjacent to an activating group) is 1. The van der Waals surface area contributed by atoms with Gasteiger partial charge < -0.3 is 4.90 Å². The number of amides is 1. The summed E-state index contributed by atoms with van der Waals surface area (Å²) < 4.78 is 41.5. The Morgan fingerprint density at radius 1 is 1.18 bits per heavy atom. The third-order valence-corrected chi connectivity index (χ3v) is 7.20. The van der Waals surface area contributed by atoms with E-state index in [4.69, 9.17) is 11.6 Å². The molecule has 2 aromatic rings. The molecule has 5 nitrogen and oxygen atoms in total. The van der Waals surface area contributed by atoms with Crippen LogP contribution in [0.5, 0.6) is 0 Å². The highest BCUT2D eigenvalue weighted by molar-refractivity contribution is 7.89. The zero-order valence-electron chi connectivity index (χ0n) is 15.5. The standard InChI is InChI=1S/C20H22ClFN2O3S/c1-23(14-16-17(21)10-7-11-18(16)22)20(25)19-12-5-6-13-24(19)28(26,27)15-8-3-2-4-9-15/h2-4,7-11,19H,5-6,12-14H2,1H3. The Bertz CT molecular complexity index is 933. The van der Waals surface area contributed by atoms with Crippen LogP contribution < -0.4 is 0 Å². The number of piperidine rings is 1. The quantitative estimate of drug-likeness (QED) is 0.735. The van der Waals surface area contributed by atoms with Gasteiger partial charge in [0.2, 0.25) is 15.9 Å². The Morgan fingerprint density at radius 2 is 1.89 bits per heavy atom. The minimum absolute atomic E-state index is 0.0277. The molecule has 1 fully saturated rings. The Kier molecular flexibility index (Phi) is 6.37. The fourth-order valence-electron chi connectivity index (χ4n) is 3.42. The fourth-order valence-corrected chi connectivity index (χ4v) is 5.31. The van der Waals surface area contributed by atoms with E-state index >= 15 is 0 Å². The molecule has 150 valence electrons. The van der Waals surface area contributed by atoms with Crippen LogP contribution in [-0.4, -0.2) is 43.2 Å². The lowest BCUT2D eigenvalue weighted by Crippen LogP contribution is -2.52. The van der Waals surface area contributed by atoms with E-state index in [1.807, 2.05) is 0 Å². The number of hydrogen-bond donors (Lipinski definition) is 0. The van der Waals surface area contributed by atoms with Crippen molar-refractivity contribution in [3.8, 4) is 0 Å². The summed E-state index contributed by atoms with van der Waals surface area (Å²) in [4.78, 5) is 14.6. The number of benzene rings is 2. The smallest absolute Gasteiger partial charge is 0.243 e. The van der Waals surface area contributed by atoms with Gasteiger partial charge in [0.05, 0.1) is 4.90 Å². The molecule has 1 aliphatic rings. The van der Waals surface area contributed by atoms with Crippen LogP contribution in [0.3, 0.4) is 0 Å². The maximum Gasteiger partial charge on any atom is 0.243 e. The third kappa shape index (κ3) is 4.21. The summed E-state index contributed by atoms with van der Waals surface area (Å²) in [6.07, 6.45) is 1.88. The van der Waals surface area contributed by atoms with E-state index in [2.05, 4.69) is 0 Å². The van der Waals surface area contributed by atoms with Crippen molar-refractivity contribution >= 4 is 27.5 Å². The van der Waals surface area contributed by atoms with E-state index in [0.29, 0.717) is 12.8 Å². The van der Waals surface area contributed by atoms with E-state index in [1.165, 1.54) is 40.5 Å². The molecule has 1 amide bonds. The summed E-state index contributed by atoms with van der Waals surface area (Å²) in [5, 5.41) is 0.233. The van der Waals surface area contributed by atoms with Crippen molar-refractivity contribution in [1.82, 2.24) is 9.21 Å². The van der Waals surface area contributed by atoms with Crippen molar-refractivity contribution in [2.45, 2.75) is 36.7 Å². The Balaban J connectivity index is 1.84. The van der Waals surface area contributed by atoms with Gasteiger partial charge >= 0.3 is 0 Å². The second kappa shape index (κ2) is 8.59. The highest BCUT2D eigenvalue weighted by atomic mass is 35.5. The highest BCUT2D eigenvalue weighted by Gasteiger charge is 2.38. The van der Waals surface area contributed by atoms with Gasteiger partial charge in [-0.1, -0.05) is 42.3 Å². The molecular weight excluding hydrogens is 403 g/mol. The molecule has 1 saturated heterocycles. The lowest BCUT2D eigenvalue weighted by Gasteiger charge is -2.36. The number of carbonyl (C=O) groups excluding carboxylic acids is 1. The van der Waals surface area contributed by atoms with E-state index in [1.54, 1.807) is 24.3 Å². The van der Waals surface area contributed by atoms with Crippen LogP contribution in [0.1, 0.15) is 24.8 Å². The normalized spacial score (nSPS) is 18.0. The molecule has 0 aliphatic carbocycles. The van der Waals surface area contributed by atoms with Crippen molar-refractivity contribution in [3.05, 3.63) is 64.9 Å². The number of sulfonamides is 1. The van der Waals surface area contributed by atoms with Gasteiger partial charge in [-0.05, 0) is 37.1 Å². The van der Waals surface area contributed by atoms with Gasteiger partial charge in [0.15, 0.2) is 0 Å². The van der Waals surface area contributed by atoms with Crippen LogP contribution >= 0.6 is 11.6 Å². The summed E-state index contributed by atoms with van der Waals surface area (Å²) in [6, 6.07) is 11.6. The van der Waals surface area contributed by atoms with Gasteiger partial charge in [-0.15, -0.1) is 0 Å². The minimum atomic E-state index is -3.79. The molecule has 0 saturated carbocycles. The van der Waals surface area contributed by atoms with E-state index in [0.717, 1.165) is 6.42 Å². The van der Waals surface area contributed by atoms with Crippen LogP contribution in [-0.2, 0) is 21.4 Å². The van der Waals surface area contributed by atoms with Gasteiger partial charge in [-0.25, -0.2) is 12.8 Å². The second-order valence-electron chi connectivity index (χ2n) is 6.83. The molecule has 0 bridgehead atoms. The zero-order valence-corrected chi connectivity index (χ0v) is 17.1. The Hall–Kier alpha value is -1.96. The number of halogens is 2. The first-order valence-corrected chi connectivity index (χ1v) is 10.9. The minimum Gasteiger partial charge on any atom is -0.340 e. The molecule has 1 unspecified atom stereocenters. The van der Waals surface area contributed by atoms with Gasteiger partial charge in [0, 0.05) is 30.7 Å². The number of hydrogen-bond acceptors (Lipinski definition) is 3. The molecule has 0 N–H and O–H groups in total. The molecule has 0 spiro atoms.